The van der Waals surface area contributed by atoms with Gasteiger partial charge < -0.3 is 18.6 Å². The standard InChI is InChI=1S/C50H36N2O2/c1-3-16-35(17-4-1)51(36-18-5-2-6-19-36)44-32-48-49(41-22-10-9-20-39(41)44)50-43(23-13-25-47(50)54-48)52(37-27-26-33-14-7-8-15-34(33)30-37)38-28-29-46-42(31-38)40-21-11-12-24-45(40)53-46/h1-7,9-14,16-29,31-32,34H,8,15,30H2. The number of nitrogens with zero attached hydrogens (tertiary/aromatic N) is 2. The molecule has 0 fully saturated rings. The molecule has 2 aliphatic rings. The van der Waals surface area contributed by atoms with Crippen LogP contribution in [0.2, 0.25) is 0 Å². The number of anilines is 5. The van der Waals surface area contributed by atoms with Gasteiger partial charge in [-0.05, 0) is 103 Å². The summed E-state index contributed by atoms with van der Waals surface area (Å²) < 4.78 is 13.2. The van der Waals surface area contributed by atoms with Gasteiger partial charge in [-0.15, -0.1) is 0 Å². The van der Waals surface area contributed by atoms with E-state index in [-0.39, 0.29) is 0 Å². The van der Waals surface area contributed by atoms with Gasteiger partial charge in [0.1, 0.15) is 22.3 Å². The van der Waals surface area contributed by atoms with Crippen LogP contribution in [0.15, 0.2) is 196 Å². The normalized spacial score (nSPS) is 15.5. The van der Waals surface area contributed by atoms with Crippen molar-refractivity contribution < 1.29 is 8.83 Å². The van der Waals surface area contributed by atoms with E-state index >= 15 is 0 Å². The third kappa shape index (κ3) is 4.91. The van der Waals surface area contributed by atoms with Crippen LogP contribution in [-0.4, -0.2) is 0 Å². The van der Waals surface area contributed by atoms with Gasteiger partial charge in [-0.3, -0.25) is 0 Å². The molecule has 11 rings (SSSR count). The predicted molar refractivity (Wildman–Crippen MR) is 224 cm³/mol. The fraction of sp³-hybridized carbons (Fsp3) is 0.0800. The largest absolute Gasteiger partial charge is 0.456 e. The fourth-order valence-corrected chi connectivity index (χ4v) is 8.82. The lowest BCUT2D eigenvalue weighted by molar-refractivity contribution is 0.547. The molecule has 0 saturated heterocycles. The number of benzene rings is 7. The van der Waals surface area contributed by atoms with Crippen molar-refractivity contribution in [3.63, 3.8) is 0 Å². The highest BCUT2D eigenvalue weighted by molar-refractivity contribution is 6.25. The Hall–Kier alpha value is -6.78. The van der Waals surface area contributed by atoms with Crippen molar-refractivity contribution in [3.8, 4) is 0 Å². The van der Waals surface area contributed by atoms with Crippen LogP contribution in [-0.2, 0) is 0 Å². The van der Waals surface area contributed by atoms with E-state index in [1.54, 1.807) is 0 Å². The van der Waals surface area contributed by atoms with Crippen LogP contribution in [0, 0.1) is 5.92 Å². The Kier molecular flexibility index (Phi) is 7.09. The lowest BCUT2D eigenvalue weighted by Gasteiger charge is -2.34. The number of hydrogen-bond acceptors (Lipinski definition) is 4. The Morgan fingerprint density at radius 1 is 0.463 bits per heavy atom. The molecule has 54 heavy (non-hydrogen) atoms. The first kappa shape index (κ1) is 30.8. The number of rotatable bonds is 6. The third-order valence-electron chi connectivity index (χ3n) is 11.3. The Morgan fingerprint density at radius 3 is 1.96 bits per heavy atom. The summed E-state index contributed by atoms with van der Waals surface area (Å²) in [6, 6.07) is 53.7. The average Bonchev–Trinajstić information content (AvgIpc) is 3.81. The molecule has 0 saturated carbocycles. The molecule has 1 atom stereocenters. The van der Waals surface area contributed by atoms with Gasteiger partial charge in [-0.2, -0.15) is 0 Å². The topological polar surface area (TPSA) is 32.8 Å². The van der Waals surface area contributed by atoms with E-state index in [0.29, 0.717) is 5.92 Å². The Bertz CT molecular complexity index is 2940. The quantitative estimate of drug-likeness (QED) is 0.173. The van der Waals surface area contributed by atoms with Crippen LogP contribution in [0.1, 0.15) is 19.3 Å². The first-order chi connectivity index (χ1) is 26.8. The second kappa shape index (κ2) is 12.4. The molecule has 4 nitrogen and oxygen atoms in total. The van der Waals surface area contributed by atoms with Crippen LogP contribution < -0.4 is 9.80 Å². The summed E-state index contributed by atoms with van der Waals surface area (Å²) in [6.45, 7) is 0. The molecule has 4 heteroatoms. The molecule has 2 aliphatic carbocycles. The average molecular weight is 697 g/mol. The van der Waals surface area contributed by atoms with Crippen LogP contribution in [0.3, 0.4) is 0 Å². The van der Waals surface area contributed by atoms with Crippen molar-refractivity contribution in [1.82, 2.24) is 0 Å². The highest BCUT2D eigenvalue weighted by Gasteiger charge is 2.28. The second-order valence-corrected chi connectivity index (χ2v) is 14.4. The number of para-hydroxylation sites is 3. The van der Waals surface area contributed by atoms with E-state index in [1.807, 2.05) is 12.1 Å². The molecular weight excluding hydrogens is 661 g/mol. The maximum atomic E-state index is 6.93. The van der Waals surface area contributed by atoms with Crippen molar-refractivity contribution >= 4 is 83.1 Å². The van der Waals surface area contributed by atoms with Gasteiger partial charge in [0.15, 0.2) is 0 Å². The van der Waals surface area contributed by atoms with E-state index in [1.165, 1.54) is 11.3 Å². The zero-order valence-corrected chi connectivity index (χ0v) is 29.7. The SMILES string of the molecule is C1=CC2=CC=C(N(c3ccc4oc5ccccc5c4c3)c3cccc4oc5cc(N(c6ccccc6)c6ccccc6)c6ccccc6c5c34)CC2CC1. The minimum atomic E-state index is 0.488. The molecule has 2 heterocycles. The van der Waals surface area contributed by atoms with Gasteiger partial charge in [0.05, 0.1) is 16.8 Å². The van der Waals surface area contributed by atoms with E-state index < -0.39 is 0 Å². The van der Waals surface area contributed by atoms with Gasteiger partial charge in [-0.25, -0.2) is 0 Å². The minimum Gasteiger partial charge on any atom is -0.456 e. The molecule has 7 aromatic carbocycles. The maximum Gasteiger partial charge on any atom is 0.138 e. The summed E-state index contributed by atoms with van der Waals surface area (Å²) in [6.07, 6.45) is 12.5. The molecule has 0 N–H and O–H groups in total. The summed E-state index contributed by atoms with van der Waals surface area (Å²) in [5.41, 5.74) is 11.7. The van der Waals surface area contributed by atoms with Crippen molar-refractivity contribution in [2.24, 2.45) is 5.92 Å². The number of furan rings is 2. The Labute approximate surface area is 313 Å². The smallest absolute Gasteiger partial charge is 0.138 e. The molecule has 0 bridgehead atoms. The molecule has 0 radical (unpaired) electrons. The van der Waals surface area contributed by atoms with E-state index in [0.717, 1.165) is 102 Å². The van der Waals surface area contributed by atoms with Crippen LogP contribution in [0.5, 0.6) is 0 Å². The molecule has 258 valence electrons. The zero-order valence-electron chi connectivity index (χ0n) is 29.7. The first-order valence-corrected chi connectivity index (χ1v) is 18.8. The van der Waals surface area contributed by atoms with Crippen molar-refractivity contribution in [2.75, 3.05) is 9.80 Å². The molecular formula is C50H36N2O2. The molecule has 0 aliphatic heterocycles. The summed E-state index contributed by atoms with van der Waals surface area (Å²) in [5.74, 6) is 0.488. The van der Waals surface area contributed by atoms with Gasteiger partial charge >= 0.3 is 0 Å². The van der Waals surface area contributed by atoms with E-state index in [4.69, 9.17) is 8.83 Å². The predicted octanol–water partition coefficient (Wildman–Crippen LogP) is 14.4. The maximum absolute atomic E-state index is 6.93. The monoisotopic (exact) mass is 696 g/mol. The highest BCUT2D eigenvalue weighted by Crippen LogP contribution is 2.49. The Morgan fingerprint density at radius 2 is 1.15 bits per heavy atom. The first-order valence-electron chi connectivity index (χ1n) is 18.8. The summed E-state index contributed by atoms with van der Waals surface area (Å²) in [7, 11) is 0. The molecule has 2 aromatic heterocycles. The number of hydrogen-bond donors (Lipinski definition) is 0. The van der Waals surface area contributed by atoms with Crippen LogP contribution >= 0.6 is 0 Å². The highest BCUT2D eigenvalue weighted by atomic mass is 16.3. The van der Waals surface area contributed by atoms with Crippen molar-refractivity contribution in [1.29, 1.82) is 0 Å². The molecule has 1 unspecified atom stereocenters. The van der Waals surface area contributed by atoms with Crippen LogP contribution in [0.4, 0.5) is 28.4 Å². The summed E-state index contributed by atoms with van der Waals surface area (Å²) in [4.78, 5) is 4.81. The van der Waals surface area contributed by atoms with Gasteiger partial charge in [0.25, 0.3) is 0 Å². The fourth-order valence-electron chi connectivity index (χ4n) is 8.82. The number of fused-ring (bicyclic) bond motifs is 9. The summed E-state index contributed by atoms with van der Waals surface area (Å²) in [5, 5.41) is 6.78. The van der Waals surface area contributed by atoms with E-state index in [9.17, 15) is 0 Å². The van der Waals surface area contributed by atoms with E-state index in [2.05, 4.69) is 174 Å². The third-order valence-corrected chi connectivity index (χ3v) is 11.3. The van der Waals surface area contributed by atoms with Gasteiger partial charge in [0, 0.05) is 50.4 Å². The van der Waals surface area contributed by atoms with Crippen molar-refractivity contribution in [3.05, 3.63) is 187 Å². The molecule has 0 spiro atoms. The molecule has 9 aromatic rings. The van der Waals surface area contributed by atoms with Gasteiger partial charge in [-0.1, -0.05) is 103 Å². The van der Waals surface area contributed by atoms with Gasteiger partial charge in [0.2, 0.25) is 0 Å². The lowest BCUT2D eigenvalue weighted by Crippen LogP contribution is -2.22. The number of allylic oxidation sites excluding steroid dienone is 6. The summed E-state index contributed by atoms with van der Waals surface area (Å²) >= 11 is 0. The zero-order chi connectivity index (χ0) is 35.6. The minimum absolute atomic E-state index is 0.488. The van der Waals surface area contributed by atoms with Crippen molar-refractivity contribution in [2.45, 2.75) is 19.3 Å². The molecule has 0 amide bonds. The Balaban J connectivity index is 1.18. The van der Waals surface area contributed by atoms with Crippen LogP contribution in [0.25, 0.3) is 54.6 Å². The second-order valence-electron chi connectivity index (χ2n) is 14.4. The lowest BCUT2D eigenvalue weighted by atomic mass is 9.82.